The van der Waals surface area contributed by atoms with Crippen molar-refractivity contribution in [1.29, 1.82) is 0 Å². The van der Waals surface area contributed by atoms with E-state index in [1.54, 1.807) is 42.2 Å². The summed E-state index contributed by atoms with van der Waals surface area (Å²) in [7, 11) is 3.16. The molecule has 188 valence electrons. The molecule has 0 radical (unpaired) electrons. The minimum absolute atomic E-state index is 0.0404. The fourth-order valence-electron chi connectivity index (χ4n) is 3.40. The summed E-state index contributed by atoms with van der Waals surface area (Å²) in [6.07, 6.45) is -1.63. The van der Waals surface area contributed by atoms with Crippen molar-refractivity contribution in [1.82, 2.24) is 19.5 Å². The van der Waals surface area contributed by atoms with Crippen molar-refractivity contribution in [2.45, 2.75) is 6.18 Å². The summed E-state index contributed by atoms with van der Waals surface area (Å²) < 4.78 is 52.1. The average molecular weight is 501 g/mol. The fraction of sp³-hybridized carbons (Fsp3) is 0.217. The second kappa shape index (κ2) is 10.5. The number of imidazole rings is 1. The molecule has 3 N–H and O–H groups in total. The van der Waals surface area contributed by atoms with E-state index in [2.05, 4.69) is 30.9 Å². The van der Waals surface area contributed by atoms with E-state index >= 15 is 0 Å². The van der Waals surface area contributed by atoms with E-state index in [-0.39, 0.29) is 24.7 Å². The van der Waals surface area contributed by atoms with Crippen LogP contribution < -0.4 is 20.7 Å². The molecule has 0 aliphatic carbocycles. The molecule has 0 bridgehead atoms. The number of anilines is 3. The van der Waals surface area contributed by atoms with Crippen LogP contribution in [0.3, 0.4) is 0 Å². The van der Waals surface area contributed by atoms with Crippen molar-refractivity contribution in [2.24, 2.45) is 0 Å². The minimum Gasteiger partial charge on any atom is -0.491 e. The first-order valence-corrected chi connectivity index (χ1v) is 10.7. The van der Waals surface area contributed by atoms with Gasteiger partial charge in [-0.1, -0.05) is 0 Å². The molecule has 36 heavy (non-hydrogen) atoms. The third-order valence-corrected chi connectivity index (χ3v) is 5.06. The lowest BCUT2D eigenvalue weighted by Crippen LogP contribution is -2.20. The predicted molar refractivity (Wildman–Crippen MR) is 128 cm³/mol. The molecule has 0 fully saturated rings. The number of nitrogens with zero attached hydrogens (tertiary/aromatic N) is 4. The summed E-state index contributed by atoms with van der Waals surface area (Å²) in [5.41, 5.74) is 1.33. The first kappa shape index (κ1) is 24.7. The number of carbonyl (C=O) groups excluding carboxylic acids is 1. The van der Waals surface area contributed by atoms with Gasteiger partial charge in [-0.2, -0.15) is 13.2 Å². The number of rotatable bonds is 8. The third-order valence-electron chi connectivity index (χ3n) is 5.06. The number of methoxy groups -OCH3 is 1. The van der Waals surface area contributed by atoms with Gasteiger partial charge in [0.05, 0.1) is 12.2 Å². The van der Waals surface area contributed by atoms with Gasteiger partial charge < -0.3 is 25.4 Å². The Morgan fingerprint density at radius 1 is 1.00 bits per heavy atom. The number of hydrogen-bond donors (Lipinski definition) is 3. The standard InChI is InChI=1S/C23H22F3N7O3/c1-27-20-19-21(29-12-28-20)33(13-30-19)16-6-3-14(4-7-16)31-22(34)32-15-5-8-18(36-10-9-35-2)17(11-15)23(24,25)26/h3-8,11-13H,9-10H2,1-2H3,(H,27,28,29)(H2,31,32,34). The van der Waals surface area contributed by atoms with Crippen molar-refractivity contribution in [2.75, 3.05) is 43.3 Å². The van der Waals surface area contributed by atoms with E-state index in [1.807, 2.05) is 0 Å². The Labute approximate surface area is 203 Å². The van der Waals surface area contributed by atoms with Gasteiger partial charge in [-0.05, 0) is 42.5 Å². The zero-order valence-corrected chi connectivity index (χ0v) is 19.3. The maximum absolute atomic E-state index is 13.5. The molecular formula is C23H22F3N7O3. The van der Waals surface area contributed by atoms with Gasteiger partial charge in [-0.3, -0.25) is 4.57 Å². The van der Waals surface area contributed by atoms with Crippen LogP contribution in [0.15, 0.2) is 55.1 Å². The number of fused-ring (bicyclic) bond motifs is 1. The molecule has 0 aliphatic heterocycles. The summed E-state index contributed by atoms with van der Waals surface area (Å²) in [5.74, 6) is 0.247. The van der Waals surface area contributed by atoms with E-state index in [4.69, 9.17) is 9.47 Å². The Hall–Kier alpha value is -4.39. The number of halogens is 3. The molecule has 10 nitrogen and oxygen atoms in total. The Kier molecular flexibility index (Phi) is 7.20. The quantitative estimate of drug-likeness (QED) is 0.304. The van der Waals surface area contributed by atoms with Gasteiger partial charge in [0.2, 0.25) is 0 Å². The Bertz CT molecular complexity index is 1360. The highest BCUT2D eigenvalue weighted by Gasteiger charge is 2.35. The maximum atomic E-state index is 13.5. The predicted octanol–water partition coefficient (Wildman–Crippen LogP) is 4.55. The highest BCUT2D eigenvalue weighted by molar-refractivity contribution is 6.00. The lowest BCUT2D eigenvalue weighted by atomic mass is 10.1. The zero-order valence-electron chi connectivity index (χ0n) is 19.3. The largest absolute Gasteiger partial charge is 0.491 e. The number of alkyl halides is 3. The second-order valence-corrected chi connectivity index (χ2v) is 7.44. The number of amides is 2. The van der Waals surface area contributed by atoms with Crippen LogP contribution in [-0.4, -0.2) is 52.9 Å². The molecule has 0 spiro atoms. The fourth-order valence-corrected chi connectivity index (χ4v) is 3.40. The van der Waals surface area contributed by atoms with Crippen LogP contribution in [0.1, 0.15) is 5.56 Å². The van der Waals surface area contributed by atoms with Gasteiger partial charge in [0.25, 0.3) is 0 Å². The molecule has 0 unspecified atom stereocenters. The highest BCUT2D eigenvalue weighted by Crippen LogP contribution is 2.38. The summed E-state index contributed by atoms with van der Waals surface area (Å²) in [4.78, 5) is 25.1. The molecule has 0 saturated heterocycles. The van der Waals surface area contributed by atoms with Crippen molar-refractivity contribution in [3.63, 3.8) is 0 Å². The van der Waals surface area contributed by atoms with Crippen molar-refractivity contribution < 1.29 is 27.4 Å². The highest BCUT2D eigenvalue weighted by atomic mass is 19.4. The SMILES string of the molecule is CNc1ncnc2c1ncn2-c1ccc(NC(=O)Nc2ccc(OCCOC)c(C(F)(F)F)c2)cc1. The number of hydrogen-bond acceptors (Lipinski definition) is 7. The van der Waals surface area contributed by atoms with Gasteiger partial charge >= 0.3 is 12.2 Å². The van der Waals surface area contributed by atoms with Gasteiger partial charge in [-0.25, -0.2) is 19.7 Å². The number of carbonyl (C=O) groups is 1. The van der Waals surface area contributed by atoms with Crippen molar-refractivity contribution in [3.8, 4) is 11.4 Å². The normalized spacial score (nSPS) is 11.4. The molecule has 2 heterocycles. The third kappa shape index (κ3) is 5.46. The number of benzene rings is 2. The van der Waals surface area contributed by atoms with Crippen LogP contribution in [-0.2, 0) is 10.9 Å². The van der Waals surface area contributed by atoms with Crippen LogP contribution in [0.25, 0.3) is 16.9 Å². The van der Waals surface area contributed by atoms with Crippen LogP contribution >= 0.6 is 0 Å². The topological polar surface area (TPSA) is 115 Å². The van der Waals surface area contributed by atoms with Crippen LogP contribution in [0.5, 0.6) is 5.75 Å². The molecule has 4 aromatic rings. The first-order valence-electron chi connectivity index (χ1n) is 10.7. The van der Waals surface area contributed by atoms with Crippen LogP contribution in [0.4, 0.5) is 35.2 Å². The Morgan fingerprint density at radius 2 is 1.72 bits per heavy atom. The van der Waals surface area contributed by atoms with Gasteiger partial charge in [-0.15, -0.1) is 0 Å². The molecule has 13 heteroatoms. The molecule has 4 rings (SSSR count). The molecule has 2 aromatic carbocycles. The molecule has 2 amide bonds. The summed E-state index contributed by atoms with van der Waals surface area (Å²) >= 11 is 0. The number of aromatic nitrogens is 4. The lowest BCUT2D eigenvalue weighted by Gasteiger charge is -2.16. The number of nitrogens with one attached hydrogen (secondary N) is 3. The first-order chi connectivity index (χ1) is 17.3. The van der Waals surface area contributed by atoms with Gasteiger partial charge in [0, 0.05) is 31.2 Å². The van der Waals surface area contributed by atoms with E-state index in [0.717, 1.165) is 17.8 Å². The molecule has 0 saturated carbocycles. The second-order valence-electron chi connectivity index (χ2n) is 7.44. The molecule has 0 aliphatic rings. The lowest BCUT2D eigenvalue weighted by molar-refractivity contribution is -0.139. The van der Waals surface area contributed by atoms with Gasteiger partial charge in [0.1, 0.15) is 25.0 Å². The molecule has 2 aromatic heterocycles. The van der Waals surface area contributed by atoms with E-state index in [9.17, 15) is 18.0 Å². The smallest absolute Gasteiger partial charge is 0.420 e. The monoisotopic (exact) mass is 501 g/mol. The van der Waals surface area contributed by atoms with Crippen LogP contribution in [0, 0.1) is 0 Å². The van der Waals surface area contributed by atoms with E-state index in [1.165, 1.54) is 19.5 Å². The molecule has 0 atom stereocenters. The number of urea groups is 1. The zero-order chi connectivity index (χ0) is 25.7. The van der Waals surface area contributed by atoms with E-state index < -0.39 is 17.8 Å². The summed E-state index contributed by atoms with van der Waals surface area (Å²) in [6, 6.07) is 9.37. The minimum atomic E-state index is -4.66. The van der Waals surface area contributed by atoms with Crippen LogP contribution in [0.2, 0.25) is 0 Å². The summed E-state index contributed by atoms with van der Waals surface area (Å²) in [6.45, 7) is 0.0988. The van der Waals surface area contributed by atoms with Gasteiger partial charge in [0.15, 0.2) is 17.0 Å². The number of ether oxygens (including phenoxy) is 2. The van der Waals surface area contributed by atoms with Crippen molar-refractivity contribution >= 4 is 34.4 Å². The maximum Gasteiger partial charge on any atom is 0.420 e. The van der Waals surface area contributed by atoms with E-state index in [0.29, 0.717) is 22.7 Å². The van der Waals surface area contributed by atoms with Crippen molar-refractivity contribution in [3.05, 3.63) is 60.7 Å². The Balaban J connectivity index is 1.45. The molecular weight excluding hydrogens is 479 g/mol. The average Bonchev–Trinajstić information content (AvgIpc) is 3.29. The Morgan fingerprint density at radius 3 is 2.42 bits per heavy atom. The summed E-state index contributed by atoms with van der Waals surface area (Å²) in [5, 5.41) is 7.96.